The zero-order valence-corrected chi connectivity index (χ0v) is 19.0. The number of carbonyl (C=O) groups excluding carboxylic acids is 2. The van der Waals surface area contributed by atoms with Crippen molar-refractivity contribution in [3.63, 3.8) is 0 Å². The van der Waals surface area contributed by atoms with Crippen LogP contribution in [0.2, 0.25) is 0 Å². The summed E-state index contributed by atoms with van der Waals surface area (Å²) in [6.45, 7) is 2.56. The summed E-state index contributed by atoms with van der Waals surface area (Å²) in [5.41, 5.74) is -0.748. The summed E-state index contributed by atoms with van der Waals surface area (Å²) >= 11 is 0. The Hall–Kier alpha value is -2.36. The van der Waals surface area contributed by atoms with Crippen LogP contribution in [-0.4, -0.2) is 84.9 Å². The van der Waals surface area contributed by atoms with Gasteiger partial charge in [-0.15, -0.1) is 0 Å². The number of aromatic nitrogens is 2. The fourth-order valence-corrected chi connectivity index (χ4v) is 4.34. The van der Waals surface area contributed by atoms with Gasteiger partial charge >= 0.3 is 18.4 Å². The van der Waals surface area contributed by atoms with E-state index in [0.29, 0.717) is 25.5 Å². The Kier molecular flexibility index (Phi) is 7.22. The summed E-state index contributed by atoms with van der Waals surface area (Å²) in [4.78, 5) is 29.7. The van der Waals surface area contributed by atoms with Crippen molar-refractivity contribution in [3.8, 4) is 0 Å². The molecule has 1 aromatic rings. The molecular formula is C18H23F6N5O4S. The number of ether oxygens (including phenoxy) is 1. The van der Waals surface area contributed by atoms with Crippen LogP contribution in [0.25, 0.3) is 0 Å². The fraction of sp³-hybridized carbons (Fsp3) is 0.722. The molecule has 3 rings (SSSR count). The van der Waals surface area contributed by atoms with Gasteiger partial charge in [-0.2, -0.15) is 26.3 Å². The summed E-state index contributed by atoms with van der Waals surface area (Å²) < 4.78 is 94.6. The van der Waals surface area contributed by atoms with Crippen LogP contribution >= 0.6 is 0 Å². The summed E-state index contributed by atoms with van der Waals surface area (Å²) in [6, 6.07) is 0. The Morgan fingerprint density at radius 3 is 2.24 bits per heavy atom. The number of hydrogen-bond acceptors (Lipinski definition) is 5. The Balaban J connectivity index is 1.58. The van der Waals surface area contributed by atoms with Crippen molar-refractivity contribution in [1.82, 2.24) is 24.1 Å². The van der Waals surface area contributed by atoms with Gasteiger partial charge in [0.2, 0.25) is 0 Å². The van der Waals surface area contributed by atoms with Gasteiger partial charge < -0.3 is 19.5 Å². The maximum absolute atomic E-state index is 12.7. The molecule has 1 atom stereocenters. The Labute approximate surface area is 193 Å². The van der Waals surface area contributed by atoms with Crippen LogP contribution < -0.4 is 5.32 Å². The van der Waals surface area contributed by atoms with E-state index in [1.165, 1.54) is 0 Å². The van der Waals surface area contributed by atoms with E-state index in [1.807, 2.05) is 0 Å². The summed E-state index contributed by atoms with van der Waals surface area (Å²) in [5.74, 6) is 0.0528. The number of rotatable bonds is 4. The highest BCUT2D eigenvalue weighted by atomic mass is 32.2. The van der Waals surface area contributed by atoms with Gasteiger partial charge in [-0.05, 0) is 19.8 Å². The highest BCUT2D eigenvalue weighted by Crippen LogP contribution is 2.36. The third-order valence-corrected chi connectivity index (χ3v) is 6.76. The first-order valence-electron chi connectivity index (χ1n) is 10.1. The molecule has 1 N–H and O–H groups in total. The number of nitrogens with one attached hydrogen (secondary N) is 1. The SMILES string of the molecule is CS(=O)N1CCn2cc(C(=O)NC3(C)CCN(C(=O)OC(C(F)(F)F)C(F)(F)F)CC3)nc2C1. The molecule has 1 saturated heterocycles. The van der Waals surface area contributed by atoms with Crippen molar-refractivity contribution in [2.75, 3.05) is 25.9 Å². The zero-order chi connectivity index (χ0) is 25.5. The first-order chi connectivity index (χ1) is 15.6. The van der Waals surface area contributed by atoms with Gasteiger partial charge in [-0.25, -0.2) is 18.3 Å². The van der Waals surface area contributed by atoms with Crippen molar-refractivity contribution < 1.29 is 44.9 Å². The van der Waals surface area contributed by atoms with Gasteiger partial charge in [0, 0.05) is 44.2 Å². The molecule has 34 heavy (non-hydrogen) atoms. The maximum atomic E-state index is 12.7. The highest BCUT2D eigenvalue weighted by molar-refractivity contribution is 7.81. The lowest BCUT2D eigenvalue weighted by molar-refractivity contribution is -0.308. The largest absolute Gasteiger partial charge is 0.434 e. The number of imidazole rings is 1. The molecular weight excluding hydrogens is 496 g/mol. The molecule has 192 valence electrons. The molecule has 2 amide bonds. The maximum Gasteiger partial charge on any atom is 0.434 e. The number of alkyl halides is 6. The molecule has 2 aliphatic rings. The van der Waals surface area contributed by atoms with E-state index in [1.54, 1.807) is 28.2 Å². The van der Waals surface area contributed by atoms with E-state index in [9.17, 15) is 40.1 Å². The summed E-state index contributed by atoms with van der Waals surface area (Å²) in [7, 11) is -1.18. The van der Waals surface area contributed by atoms with Crippen molar-refractivity contribution in [3.05, 3.63) is 17.7 Å². The number of nitrogens with zero attached hydrogens (tertiary/aromatic N) is 4. The fourth-order valence-electron chi connectivity index (χ4n) is 3.70. The Bertz CT molecular complexity index is 944. The van der Waals surface area contributed by atoms with E-state index < -0.39 is 47.0 Å². The van der Waals surface area contributed by atoms with Crippen molar-refractivity contribution in [1.29, 1.82) is 0 Å². The molecule has 0 spiro atoms. The van der Waals surface area contributed by atoms with Crippen molar-refractivity contribution >= 4 is 23.0 Å². The number of halogens is 6. The van der Waals surface area contributed by atoms with Gasteiger partial charge in [-0.1, -0.05) is 0 Å². The van der Waals surface area contributed by atoms with E-state index in [4.69, 9.17) is 0 Å². The monoisotopic (exact) mass is 519 g/mol. The molecule has 1 aromatic heterocycles. The lowest BCUT2D eigenvalue weighted by atomic mass is 9.89. The third kappa shape index (κ3) is 6.00. The van der Waals surface area contributed by atoms with E-state index >= 15 is 0 Å². The molecule has 0 aliphatic carbocycles. The zero-order valence-electron chi connectivity index (χ0n) is 18.2. The van der Waals surface area contributed by atoms with Crippen molar-refractivity contribution in [2.45, 2.75) is 56.9 Å². The molecule has 0 radical (unpaired) electrons. The normalized spacial score (nSPS) is 20.1. The van der Waals surface area contributed by atoms with Gasteiger partial charge in [0.1, 0.15) is 11.5 Å². The van der Waals surface area contributed by atoms with Gasteiger partial charge in [-0.3, -0.25) is 4.79 Å². The van der Waals surface area contributed by atoms with E-state index in [0.717, 1.165) is 4.90 Å². The van der Waals surface area contributed by atoms with Gasteiger partial charge in [0.15, 0.2) is 0 Å². The summed E-state index contributed by atoms with van der Waals surface area (Å²) in [5, 5.41) is 2.78. The molecule has 0 bridgehead atoms. The Morgan fingerprint density at radius 2 is 1.71 bits per heavy atom. The van der Waals surface area contributed by atoms with Crippen LogP contribution in [0.15, 0.2) is 6.20 Å². The third-order valence-electron chi connectivity index (χ3n) is 5.72. The van der Waals surface area contributed by atoms with Crippen molar-refractivity contribution in [2.24, 2.45) is 0 Å². The first-order valence-corrected chi connectivity index (χ1v) is 11.7. The lowest BCUT2D eigenvalue weighted by Crippen LogP contribution is -2.55. The number of amides is 2. The molecule has 3 heterocycles. The highest BCUT2D eigenvalue weighted by Gasteiger charge is 2.60. The minimum Gasteiger partial charge on any atom is -0.426 e. The predicted octanol–water partition coefficient (Wildman–Crippen LogP) is 2.21. The van der Waals surface area contributed by atoms with Crippen LogP contribution in [0.1, 0.15) is 36.1 Å². The average Bonchev–Trinajstić information content (AvgIpc) is 3.14. The number of carbonyl (C=O) groups is 2. The van der Waals surface area contributed by atoms with Crippen LogP contribution in [-0.2, 0) is 28.8 Å². The smallest absolute Gasteiger partial charge is 0.426 e. The second-order valence-electron chi connectivity index (χ2n) is 8.37. The molecule has 16 heteroatoms. The number of piperidine rings is 1. The van der Waals surface area contributed by atoms with E-state index in [2.05, 4.69) is 15.0 Å². The van der Waals surface area contributed by atoms with Crippen LogP contribution in [0, 0.1) is 0 Å². The minimum atomic E-state index is -5.79. The molecule has 0 saturated carbocycles. The quantitative estimate of drug-likeness (QED) is 0.616. The van der Waals surface area contributed by atoms with E-state index in [-0.39, 0.29) is 31.6 Å². The standard InChI is InChI=1S/C18H23F6N5O4S/c1-16(26-13(30)11-9-28-7-8-29(34(2)32)10-12(28)25-11)3-5-27(6-4-16)15(31)33-14(17(19,20)21)18(22,23)24/h9,14H,3-8,10H2,1-2H3,(H,26,30). The average molecular weight is 519 g/mol. The second kappa shape index (κ2) is 9.36. The molecule has 1 fully saturated rings. The van der Waals surface area contributed by atoms with Gasteiger partial charge in [0.05, 0.1) is 17.5 Å². The summed E-state index contributed by atoms with van der Waals surface area (Å²) in [6.07, 6.45) is -14.3. The van der Waals surface area contributed by atoms with Gasteiger partial charge in [0.25, 0.3) is 12.0 Å². The van der Waals surface area contributed by atoms with Crippen LogP contribution in [0.5, 0.6) is 0 Å². The topological polar surface area (TPSA) is 96.8 Å². The number of fused-ring (bicyclic) bond motifs is 1. The lowest BCUT2D eigenvalue weighted by Gasteiger charge is -2.39. The Morgan fingerprint density at radius 1 is 1.12 bits per heavy atom. The second-order valence-corrected chi connectivity index (χ2v) is 9.74. The number of hydrogen-bond donors (Lipinski definition) is 1. The predicted molar refractivity (Wildman–Crippen MR) is 106 cm³/mol. The number of likely N-dealkylation sites (tertiary alicyclic amines) is 1. The molecule has 2 aliphatic heterocycles. The molecule has 0 aromatic carbocycles. The van der Waals surface area contributed by atoms with Crippen LogP contribution in [0.4, 0.5) is 31.1 Å². The first kappa shape index (κ1) is 26.2. The molecule has 9 nitrogen and oxygen atoms in total. The molecule has 1 unspecified atom stereocenters. The minimum absolute atomic E-state index is 0.0761. The van der Waals surface area contributed by atoms with Crippen LogP contribution in [0.3, 0.4) is 0 Å².